The molecule has 0 atom stereocenters. The zero-order chi connectivity index (χ0) is 15.9. The summed E-state index contributed by atoms with van der Waals surface area (Å²) in [5.74, 6) is -0.666. The van der Waals surface area contributed by atoms with E-state index in [-0.39, 0.29) is 30.7 Å². The van der Waals surface area contributed by atoms with Crippen molar-refractivity contribution in [2.24, 2.45) is 0 Å². The molecule has 0 bridgehead atoms. The molecular weight excluding hydrogens is 290 g/mol. The fourth-order valence-electron chi connectivity index (χ4n) is 1.71. The van der Waals surface area contributed by atoms with E-state index in [1.165, 1.54) is 41.3 Å². The van der Waals surface area contributed by atoms with Crippen LogP contribution in [0.25, 0.3) is 0 Å². The number of hydrogen-bond acceptors (Lipinski definition) is 2. The highest BCUT2D eigenvalue weighted by molar-refractivity contribution is 5.89. The lowest BCUT2D eigenvalue weighted by Gasteiger charge is -2.18. The normalized spacial score (nSPS) is 10.1. The van der Waals surface area contributed by atoms with Crippen LogP contribution in [-0.4, -0.2) is 31.1 Å². The molecule has 2 amide bonds. The maximum atomic E-state index is 13.3. The summed E-state index contributed by atoms with van der Waals surface area (Å²) in [4.78, 5) is 13.3. The Morgan fingerprint density at radius 1 is 1.14 bits per heavy atom. The van der Waals surface area contributed by atoms with Gasteiger partial charge in [0.25, 0.3) is 0 Å². The number of para-hydroxylation sites is 1. The molecule has 0 heterocycles. The van der Waals surface area contributed by atoms with Crippen molar-refractivity contribution in [2.75, 3.05) is 25.5 Å². The third-order valence-electron chi connectivity index (χ3n) is 2.96. The van der Waals surface area contributed by atoms with E-state index >= 15 is 0 Å². The van der Waals surface area contributed by atoms with Gasteiger partial charge in [-0.15, -0.1) is 0 Å². The fraction of sp³-hybridized carbons (Fsp3) is 0.188. The SMILES string of the molecule is CN(CCOc1ccccc1F)C(=O)Nc1ccc(F)cc1. The van der Waals surface area contributed by atoms with Crippen molar-refractivity contribution >= 4 is 11.7 Å². The molecule has 6 heteroatoms. The summed E-state index contributed by atoms with van der Waals surface area (Å²) < 4.78 is 31.4. The molecule has 0 fully saturated rings. The number of carbonyl (C=O) groups is 1. The van der Waals surface area contributed by atoms with E-state index in [0.717, 1.165) is 0 Å². The second-order valence-corrected chi connectivity index (χ2v) is 4.64. The number of urea groups is 1. The van der Waals surface area contributed by atoms with Crippen molar-refractivity contribution in [1.29, 1.82) is 0 Å². The molecule has 0 aliphatic heterocycles. The van der Waals surface area contributed by atoms with Gasteiger partial charge in [0.2, 0.25) is 0 Å². The van der Waals surface area contributed by atoms with Crippen molar-refractivity contribution in [3.8, 4) is 5.75 Å². The zero-order valence-corrected chi connectivity index (χ0v) is 12.1. The highest BCUT2D eigenvalue weighted by Gasteiger charge is 2.09. The van der Waals surface area contributed by atoms with E-state index in [9.17, 15) is 13.6 Å². The highest BCUT2D eigenvalue weighted by Crippen LogP contribution is 2.15. The molecule has 0 saturated heterocycles. The minimum absolute atomic E-state index is 0.148. The Balaban J connectivity index is 1.79. The summed E-state index contributed by atoms with van der Waals surface area (Å²) in [5, 5.41) is 2.62. The molecule has 0 unspecified atom stereocenters. The van der Waals surface area contributed by atoms with E-state index in [1.54, 1.807) is 19.2 Å². The second kappa shape index (κ2) is 7.40. The number of rotatable bonds is 5. The Morgan fingerprint density at radius 2 is 1.82 bits per heavy atom. The average molecular weight is 306 g/mol. The maximum absolute atomic E-state index is 13.3. The number of carbonyl (C=O) groups excluding carboxylic acids is 1. The van der Waals surface area contributed by atoms with Crippen molar-refractivity contribution in [3.05, 3.63) is 60.2 Å². The van der Waals surface area contributed by atoms with Gasteiger partial charge in [-0.1, -0.05) is 12.1 Å². The maximum Gasteiger partial charge on any atom is 0.321 e. The molecule has 2 rings (SSSR count). The number of anilines is 1. The summed E-state index contributed by atoms with van der Waals surface area (Å²) in [7, 11) is 1.59. The third-order valence-corrected chi connectivity index (χ3v) is 2.96. The van der Waals surface area contributed by atoms with Crippen LogP contribution in [0.2, 0.25) is 0 Å². The first-order valence-electron chi connectivity index (χ1n) is 6.71. The predicted molar refractivity (Wildman–Crippen MR) is 79.9 cm³/mol. The van der Waals surface area contributed by atoms with Crippen molar-refractivity contribution < 1.29 is 18.3 Å². The van der Waals surface area contributed by atoms with E-state index in [0.29, 0.717) is 5.69 Å². The number of hydrogen-bond donors (Lipinski definition) is 1. The van der Waals surface area contributed by atoms with Gasteiger partial charge in [0.15, 0.2) is 11.6 Å². The minimum Gasteiger partial charge on any atom is -0.489 e. The van der Waals surface area contributed by atoms with Crippen LogP contribution in [0.5, 0.6) is 5.75 Å². The number of ether oxygens (including phenoxy) is 1. The number of benzene rings is 2. The Bertz CT molecular complexity index is 632. The number of nitrogens with zero attached hydrogens (tertiary/aromatic N) is 1. The van der Waals surface area contributed by atoms with Crippen LogP contribution in [0.1, 0.15) is 0 Å². The van der Waals surface area contributed by atoms with Crippen LogP contribution < -0.4 is 10.1 Å². The first kappa shape index (κ1) is 15.8. The molecule has 2 aromatic rings. The molecule has 0 saturated carbocycles. The first-order valence-corrected chi connectivity index (χ1v) is 6.71. The van der Waals surface area contributed by atoms with Crippen LogP contribution in [-0.2, 0) is 0 Å². The number of halogens is 2. The summed E-state index contributed by atoms with van der Waals surface area (Å²) >= 11 is 0. The van der Waals surface area contributed by atoms with Gasteiger partial charge in [-0.25, -0.2) is 13.6 Å². The second-order valence-electron chi connectivity index (χ2n) is 4.64. The Kier molecular flexibility index (Phi) is 5.30. The smallest absolute Gasteiger partial charge is 0.321 e. The summed E-state index contributed by atoms with van der Waals surface area (Å²) in [6.45, 7) is 0.440. The number of likely N-dealkylation sites (N-methyl/N-ethyl adjacent to an activating group) is 1. The number of amides is 2. The van der Waals surface area contributed by atoms with E-state index in [2.05, 4.69) is 5.32 Å². The Hall–Kier alpha value is -2.63. The largest absolute Gasteiger partial charge is 0.489 e. The van der Waals surface area contributed by atoms with Gasteiger partial charge in [-0.3, -0.25) is 0 Å². The van der Waals surface area contributed by atoms with Gasteiger partial charge in [-0.2, -0.15) is 0 Å². The van der Waals surface area contributed by atoms with Gasteiger partial charge in [0, 0.05) is 12.7 Å². The molecule has 22 heavy (non-hydrogen) atoms. The molecule has 116 valence electrons. The topological polar surface area (TPSA) is 41.6 Å². The lowest BCUT2D eigenvalue weighted by molar-refractivity contribution is 0.206. The Labute approximate surface area is 127 Å². The molecule has 4 nitrogen and oxygen atoms in total. The zero-order valence-electron chi connectivity index (χ0n) is 12.1. The molecule has 0 radical (unpaired) electrons. The van der Waals surface area contributed by atoms with Crippen LogP contribution in [0.3, 0.4) is 0 Å². The molecular formula is C16H16F2N2O2. The van der Waals surface area contributed by atoms with Crippen LogP contribution in [0, 0.1) is 11.6 Å². The van der Waals surface area contributed by atoms with Crippen LogP contribution in [0.15, 0.2) is 48.5 Å². The first-order chi connectivity index (χ1) is 10.6. The summed E-state index contributed by atoms with van der Waals surface area (Å²) in [6, 6.07) is 11.2. The van der Waals surface area contributed by atoms with E-state index in [4.69, 9.17) is 4.74 Å². The summed E-state index contributed by atoms with van der Waals surface area (Å²) in [5.41, 5.74) is 0.494. The van der Waals surface area contributed by atoms with Gasteiger partial charge in [-0.05, 0) is 36.4 Å². The Morgan fingerprint density at radius 3 is 2.50 bits per heavy atom. The van der Waals surface area contributed by atoms with Gasteiger partial charge >= 0.3 is 6.03 Å². The monoisotopic (exact) mass is 306 g/mol. The number of nitrogens with one attached hydrogen (secondary N) is 1. The molecule has 0 spiro atoms. The predicted octanol–water partition coefficient (Wildman–Crippen LogP) is 3.51. The van der Waals surface area contributed by atoms with E-state index < -0.39 is 5.82 Å². The van der Waals surface area contributed by atoms with Crippen molar-refractivity contribution in [3.63, 3.8) is 0 Å². The van der Waals surface area contributed by atoms with Gasteiger partial charge in [0.05, 0.1) is 6.54 Å². The van der Waals surface area contributed by atoms with E-state index in [1.807, 2.05) is 0 Å². The highest BCUT2D eigenvalue weighted by atomic mass is 19.1. The molecule has 0 aliphatic rings. The molecule has 2 aromatic carbocycles. The molecule has 1 N–H and O–H groups in total. The van der Waals surface area contributed by atoms with Gasteiger partial charge in [0.1, 0.15) is 12.4 Å². The average Bonchev–Trinajstić information content (AvgIpc) is 2.51. The fourth-order valence-corrected chi connectivity index (χ4v) is 1.71. The summed E-state index contributed by atoms with van der Waals surface area (Å²) in [6.07, 6.45) is 0. The lowest BCUT2D eigenvalue weighted by Crippen LogP contribution is -2.34. The van der Waals surface area contributed by atoms with Crippen molar-refractivity contribution in [1.82, 2.24) is 4.90 Å². The quantitative estimate of drug-likeness (QED) is 0.918. The molecule has 0 aromatic heterocycles. The van der Waals surface area contributed by atoms with Crippen molar-refractivity contribution in [2.45, 2.75) is 0 Å². The van der Waals surface area contributed by atoms with Crippen LogP contribution >= 0.6 is 0 Å². The standard InChI is InChI=1S/C16H16F2N2O2/c1-20(10-11-22-15-5-3-2-4-14(15)18)16(21)19-13-8-6-12(17)7-9-13/h2-9H,10-11H2,1H3,(H,19,21). The molecule has 0 aliphatic carbocycles. The third kappa shape index (κ3) is 4.44. The van der Waals surface area contributed by atoms with Gasteiger partial charge < -0.3 is 15.0 Å². The lowest BCUT2D eigenvalue weighted by atomic mass is 10.3. The minimum atomic E-state index is -0.444. The van der Waals surface area contributed by atoms with Crippen LogP contribution in [0.4, 0.5) is 19.3 Å².